The topological polar surface area (TPSA) is 248 Å². The van der Waals surface area contributed by atoms with Gasteiger partial charge in [0.1, 0.15) is 22.6 Å². The predicted molar refractivity (Wildman–Crippen MR) is 320 cm³/mol. The van der Waals surface area contributed by atoms with E-state index >= 15 is 0 Å². The molecule has 412 valence electrons. The van der Waals surface area contributed by atoms with Crippen LogP contribution in [0.5, 0.6) is 0 Å². The first-order valence-corrected chi connectivity index (χ1v) is 27.1. The third kappa shape index (κ3) is 18.8. The summed E-state index contributed by atoms with van der Waals surface area (Å²) in [6.45, 7) is 25.5. The molecule has 3 unspecified atom stereocenters. The van der Waals surface area contributed by atoms with Crippen LogP contribution in [0.4, 0.5) is 28.8 Å². The van der Waals surface area contributed by atoms with E-state index in [1.165, 1.54) is 0 Å². The van der Waals surface area contributed by atoms with Crippen LogP contribution in [0.2, 0.25) is 5.15 Å². The molecule has 5 aromatic heterocycles. The largest absolute Gasteiger partial charge is 1.00 e. The molecule has 2 aromatic carbocycles. The zero-order valence-electron chi connectivity index (χ0n) is 47.2. The van der Waals surface area contributed by atoms with Crippen LogP contribution in [0, 0.1) is 54.5 Å². The Morgan fingerprint density at radius 1 is 0.662 bits per heavy atom. The molecule has 0 saturated carbocycles. The molecular formula is C57H70ClN20NaS. The molecule has 0 aliphatic carbocycles. The predicted octanol–water partition coefficient (Wildman–Crippen LogP) is 6.51. The molecule has 10 rings (SSSR count). The summed E-state index contributed by atoms with van der Waals surface area (Å²) in [4.78, 5) is 52.5. The Hall–Kier alpha value is -7.04. The van der Waals surface area contributed by atoms with Crippen molar-refractivity contribution in [2.45, 2.75) is 73.5 Å². The average Bonchev–Trinajstić information content (AvgIpc) is 3.46. The van der Waals surface area contributed by atoms with Crippen LogP contribution in [0.25, 0.3) is 27.5 Å². The number of anilines is 3. The molecule has 20 nitrogen and oxygen atoms in total. The van der Waals surface area contributed by atoms with Gasteiger partial charge in [-0.25, -0.2) is 19.9 Å². The van der Waals surface area contributed by atoms with Crippen molar-refractivity contribution in [1.82, 2.24) is 60.7 Å². The maximum absolute atomic E-state index is 9.43. The minimum absolute atomic E-state index is 0. The first-order valence-electron chi connectivity index (χ1n) is 26.3. The number of hydrogen-bond donors (Lipinski definition) is 3. The molecule has 4 N–H and O–H groups in total. The summed E-state index contributed by atoms with van der Waals surface area (Å²) >= 11 is 10.4. The van der Waals surface area contributed by atoms with Gasteiger partial charge in [0.2, 0.25) is 5.96 Å². The quantitative estimate of drug-likeness (QED) is 0.0366. The molecule has 8 heterocycles. The summed E-state index contributed by atoms with van der Waals surface area (Å²) in [5, 5.41) is 31.1. The average molecular weight is 1130 g/mol. The Morgan fingerprint density at radius 3 is 1.62 bits per heavy atom. The molecule has 3 aliphatic rings. The van der Waals surface area contributed by atoms with E-state index in [-0.39, 0.29) is 35.6 Å². The molecule has 23 heteroatoms. The number of aryl methyl sites for hydroxylation is 2. The molecule has 0 amide bonds. The van der Waals surface area contributed by atoms with Crippen LogP contribution in [-0.2, 0) is 0 Å². The standard InChI is InChI=1S/C23H26N8.C12H20N4.C11H17ClN4.C10H6N2S.CHN2.Na/c1-16(2)21-14-30(22-13-25-12-17(3)28-22)10-11-31(21)23(27-15-24)29-20-8-4-7-19-18(20)6-5-9-26-19;1-9(2)11-8-16(5-4-14-11)12-7-13-6-10(3)15-12;1-8(2)9-7-16(4-3-14-9)11-6-13-5-10(12)15-11;13-7-12-10-5-1-4-9-8(10)3-2-6-11-9;2-1-3;/h4-9,12-13,16,21H,10-11,14H2,1-3H3,(H,27,29);6-7,9,11,14H,4-5,8H2,1-3H3;5-6,8-9,14H,3-4,7H2,1-2H3;1-6H;2H;/q;;;;-1;+1. The van der Waals surface area contributed by atoms with Crippen molar-refractivity contribution >= 4 is 85.6 Å². The number of piperazine rings is 3. The first kappa shape index (κ1) is 63.8. The van der Waals surface area contributed by atoms with Crippen molar-refractivity contribution in [2.75, 3.05) is 73.6 Å². The zero-order chi connectivity index (χ0) is 56.7. The number of fused-ring (bicyclic) bond motifs is 2. The monoisotopic (exact) mass is 1120 g/mol. The second kappa shape index (κ2) is 32.9. The van der Waals surface area contributed by atoms with Gasteiger partial charge in [0.05, 0.1) is 69.8 Å². The second-order valence-corrected chi connectivity index (χ2v) is 20.4. The molecule has 3 aliphatic heterocycles. The van der Waals surface area contributed by atoms with Crippen molar-refractivity contribution < 1.29 is 29.6 Å². The third-order valence-electron chi connectivity index (χ3n) is 13.3. The number of nitrogens with zero attached hydrogens (tertiary/aromatic N) is 16. The summed E-state index contributed by atoms with van der Waals surface area (Å²) in [6.07, 6.45) is 17.2. The van der Waals surface area contributed by atoms with E-state index in [9.17, 15) is 5.26 Å². The van der Waals surface area contributed by atoms with Gasteiger partial charge < -0.3 is 41.2 Å². The number of rotatable bonds is 8. The number of nitriles is 2. The normalized spacial score (nSPS) is 16.9. The van der Waals surface area contributed by atoms with Crippen molar-refractivity contribution in [3.63, 3.8) is 0 Å². The van der Waals surface area contributed by atoms with Gasteiger partial charge in [0.25, 0.3) is 0 Å². The van der Waals surface area contributed by atoms with Crippen LogP contribution < -0.4 is 60.2 Å². The van der Waals surface area contributed by atoms with Crippen molar-refractivity contribution in [1.29, 1.82) is 10.5 Å². The van der Waals surface area contributed by atoms with Gasteiger partial charge in [0, 0.05) is 107 Å². The van der Waals surface area contributed by atoms with E-state index < -0.39 is 0 Å². The fraction of sp³-hybridized carbons (Fsp3) is 0.404. The molecular weight excluding hydrogens is 1060 g/mol. The fourth-order valence-corrected chi connectivity index (χ4v) is 9.40. The zero-order valence-corrected chi connectivity index (χ0v) is 50.7. The van der Waals surface area contributed by atoms with Crippen molar-refractivity contribution in [2.24, 2.45) is 27.7 Å². The summed E-state index contributed by atoms with van der Waals surface area (Å²) in [6, 6.07) is 20.6. The number of thiocarbonyl (C=S) groups is 1. The Kier molecular flexibility index (Phi) is 26.2. The molecule has 3 saturated heterocycles. The number of benzene rings is 2. The number of halogens is 1. The fourth-order valence-electron chi connectivity index (χ4n) is 9.15. The van der Waals surface area contributed by atoms with Gasteiger partial charge in [-0.05, 0) is 92.4 Å². The molecule has 3 atom stereocenters. The number of guanidine groups is 1. The molecule has 80 heavy (non-hydrogen) atoms. The van der Waals surface area contributed by atoms with E-state index in [0.717, 1.165) is 127 Å². The number of aliphatic imine (C=N–C) groups is 2. The Bertz CT molecular complexity index is 3140. The van der Waals surface area contributed by atoms with E-state index in [2.05, 4.69) is 146 Å². The van der Waals surface area contributed by atoms with Crippen LogP contribution in [0.3, 0.4) is 0 Å². The Balaban J connectivity index is 0.000000204. The second-order valence-electron chi connectivity index (χ2n) is 19.9. The maximum Gasteiger partial charge on any atom is 1.00 e. The summed E-state index contributed by atoms with van der Waals surface area (Å²) in [5.74, 6) is 4.95. The minimum atomic E-state index is 0. The smallest absolute Gasteiger partial charge is 0.494 e. The van der Waals surface area contributed by atoms with Gasteiger partial charge >= 0.3 is 29.6 Å². The van der Waals surface area contributed by atoms with Crippen LogP contribution in [0.15, 0.2) is 120 Å². The van der Waals surface area contributed by atoms with Crippen LogP contribution in [-0.4, -0.2) is 133 Å². The SMILES string of the molecule is CC(C)C1CN(c2cncc(Cl)n2)CCN1.Cc1cncc(N2CCN(C(=Nc3cccc4ncccc34)NC#N)C(C(C)C)C2)n1.Cc1cncc(N2CCNC(C(C)C)C2)n1.N#C[NH-].S=C=Nc1cccc2ncccc12.[Na+]. The Labute approximate surface area is 502 Å². The van der Waals surface area contributed by atoms with Gasteiger partial charge in [-0.1, -0.05) is 71.5 Å². The maximum atomic E-state index is 9.43. The van der Waals surface area contributed by atoms with Gasteiger partial charge in [0.15, 0.2) is 6.19 Å². The van der Waals surface area contributed by atoms with Crippen LogP contribution in [0.1, 0.15) is 52.9 Å². The molecule has 3 fully saturated rings. The van der Waals surface area contributed by atoms with E-state index in [4.69, 9.17) is 27.6 Å². The number of nitrogens with one attached hydrogen (secondary N) is 4. The number of hydrogen-bond acceptors (Lipinski definition) is 18. The third-order valence-corrected chi connectivity index (χ3v) is 13.6. The molecule has 0 radical (unpaired) electrons. The van der Waals surface area contributed by atoms with Crippen LogP contribution >= 0.6 is 23.8 Å². The van der Waals surface area contributed by atoms with E-state index in [1.807, 2.05) is 86.9 Å². The number of pyridine rings is 2. The number of aromatic nitrogens is 8. The first-order chi connectivity index (χ1) is 38.2. The number of isothiocyanates is 1. The molecule has 0 spiro atoms. The van der Waals surface area contributed by atoms with E-state index in [0.29, 0.717) is 41.0 Å². The van der Waals surface area contributed by atoms with Gasteiger partial charge in [-0.2, -0.15) is 10.3 Å². The van der Waals surface area contributed by atoms with Crippen molar-refractivity contribution in [3.05, 3.63) is 133 Å². The van der Waals surface area contributed by atoms with Crippen molar-refractivity contribution in [3.8, 4) is 12.4 Å². The minimum Gasteiger partial charge on any atom is -0.494 e. The molecule has 7 aromatic rings. The van der Waals surface area contributed by atoms with Gasteiger partial charge in [-0.3, -0.25) is 30.2 Å². The summed E-state index contributed by atoms with van der Waals surface area (Å²) in [7, 11) is 0. The summed E-state index contributed by atoms with van der Waals surface area (Å²) in [5.41, 5.74) is 10.8. The van der Waals surface area contributed by atoms with Gasteiger partial charge in [-0.15, -0.1) is 0 Å². The Morgan fingerprint density at radius 2 is 1.15 bits per heavy atom. The van der Waals surface area contributed by atoms with E-state index in [1.54, 1.807) is 37.2 Å². The summed E-state index contributed by atoms with van der Waals surface area (Å²) < 4.78 is 0. The molecule has 0 bridgehead atoms.